The summed E-state index contributed by atoms with van der Waals surface area (Å²) in [5.41, 5.74) is 1.76. The molecule has 0 aliphatic carbocycles. The SMILES string of the molecule is CN(C(=O)CSc1n[nH]c(-c2ccc(Cl)cc2)n1)c1ccccc1. The molecule has 0 fully saturated rings. The molecule has 1 heterocycles. The average molecular weight is 359 g/mol. The van der Waals surface area contributed by atoms with Gasteiger partial charge in [0, 0.05) is 23.3 Å². The van der Waals surface area contributed by atoms with Crippen LogP contribution in [0, 0.1) is 0 Å². The van der Waals surface area contributed by atoms with Gasteiger partial charge < -0.3 is 4.90 Å². The van der Waals surface area contributed by atoms with Crippen LogP contribution in [0.25, 0.3) is 11.4 Å². The van der Waals surface area contributed by atoms with Gasteiger partial charge in [-0.05, 0) is 36.4 Å². The van der Waals surface area contributed by atoms with Gasteiger partial charge in [-0.15, -0.1) is 5.10 Å². The zero-order valence-corrected chi connectivity index (χ0v) is 14.5. The van der Waals surface area contributed by atoms with E-state index in [0.29, 0.717) is 16.0 Å². The molecule has 0 unspecified atom stereocenters. The number of carbonyl (C=O) groups excluding carboxylic acids is 1. The summed E-state index contributed by atoms with van der Waals surface area (Å²) in [6.45, 7) is 0. The number of nitrogens with one attached hydrogen (secondary N) is 1. The quantitative estimate of drug-likeness (QED) is 0.703. The van der Waals surface area contributed by atoms with Crippen molar-refractivity contribution in [2.75, 3.05) is 17.7 Å². The number of anilines is 1. The second-order valence-electron chi connectivity index (χ2n) is 5.05. The molecule has 0 aliphatic rings. The fourth-order valence-electron chi connectivity index (χ4n) is 2.07. The highest BCUT2D eigenvalue weighted by molar-refractivity contribution is 7.99. The van der Waals surface area contributed by atoms with Crippen LogP contribution in [0.5, 0.6) is 0 Å². The molecule has 1 aromatic heterocycles. The van der Waals surface area contributed by atoms with E-state index in [0.717, 1.165) is 11.3 Å². The first-order chi connectivity index (χ1) is 11.6. The number of hydrogen-bond donors (Lipinski definition) is 1. The van der Waals surface area contributed by atoms with Gasteiger partial charge in [0.05, 0.1) is 5.75 Å². The monoisotopic (exact) mass is 358 g/mol. The Morgan fingerprint density at radius 2 is 1.88 bits per heavy atom. The van der Waals surface area contributed by atoms with E-state index in [-0.39, 0.29) is 11.7 Å². The number of rotatable bonds is 5. The van der Waals surface area contributed by atoms with Crippen LogP contribution in [0.2, 0.25) is 5.02 Å². The molecule has 5 nitrogen and oxygen atoms in total. The summed E-state index contributed by atoms with van der Waals surface area (Å²) >= 11 is 7.18. The maximum atomic E-state index is 12.3. The standard InChI is InChI=1S/C17H15ClN4OS/c1-22(14-5-3-2-4-6-14)15(23)11-24-17-19-16(20-21-17)12-7-9-13(18)10-8-12/h2-10H,11H2,1H3,(H,19,20,21). The number of aromatic nitrogens is 3. The lowest BCUT2D eigenvalue weighted by Crippen LogP contribution is -2.27. The zero-order chi connectivity index (χ0) is 16.9. The second kappa shape index (κ2) is 7.51. The van der Waals surface area contributed by atoms with Gasteiger partial charge in [0.1, 0.15) is 0 Å². The molecular formula is C17H15ClN4OS. The molecule has 0 spiro atoms. The van der Waals surface area contributed by atoms with Crippen LogP contribution in [-0.4, -0.2) is 33.9 Å². The summed E-state index contributed by atoms with van der Waals surface area (Å²) in [4.78, 5) is 18.3. The average Bonchev–Trinajstić information content (AvgIpc) is 3.09. The fraction of sp³-hybridized carbons (Fsp3) is 0.118. The number of nitrogens with zero attached hydrogens (tertiary/aromatic N) is 3. The minimum atomic E-state index is -0.0101. The lowest BCUT2D eigenvalue weighted by molar-refractivity contribution is -0.115. The molecule has 0 bridgehead atoms. The van der Waals surface area contributed by atoms with E-state index < -0.39 is 0 Å². The Hall–Kier alpha value is -2.31. The largest absolute Gasteiger partial charge is 0.315 e. The number of benzene rings is 2. The second-order valence-corrected chi connectivity index (χ2v) is 6.43. The van der Waals surface area contributed by atoms with Crippen molar-refractivity contribution in [1.82, 2.24) is 15.2 Å². The van der Waals surface area contributed by atoms with Crippen LogP contribution in [0.1, 0.15) is 0 Å². The molecule has 2 aromatic carbocycles. The first kappa shape index (κ1) is 16.5. The van der Waals surface area contributed by atoms with Crippen LogP contribution < -0.4 is 4.90 Å². The molecule has 3 aromatic rings. The van der Waals surface area contributed by atoms with Crippen LogP contribution in [0.15, 0.2) is 59.8 Å². The number of para-hydroxylation sites is 1. The van der Waals surface area contributed by atoms with Crippen molar-refractivity contribution in [2.45, 2.75) is 5.16 Å². The molecule has 3 rings (SSSR count). The molecule has 7 heteroatoms. The molecule has 1 N–H and O–H groups in total. The third-order valence-corrected chi connectivity index (χ3v) is 4.51. The van der Waals surface area contributed by atoms with Gasteiger partial charge >= 0.3 is 0 Å². The van der Waals surface area contributed by atoms with E-state index in [9.17, 15) is 4.79 Å². The maximum Gasteiger partial charge on any atom is 0.237 e. The molecule has 0 radical (unpaired) electrons. The topological polar surface area (TPSA) is 61.9 Å². The summed E-state index contributed by atoms with van der Waals surface area (Å²) in [5.74, 6) is 0.908. The number of hydrogen-bond acceptors (Lipinski definition) is 4. The number of halogens is 1. The fourth-order valence-corrected chi connectivity index (χ4v) is 2.90. The smallest absolute Gasteiger partial charge is 0.237 e. The Balaban J connectivity index is 1.61. The molecule has 0 saturated carbocycles. The number of aromatic amines is 1. The van der Waals surface area contributed by atoms with E-state index in [1.165, 1.54) is 11.8 Å². The highest BCUT2D eigenvalue weighted by atomic mass is 35.5. The summed E-state index contributed by atoms with van der Waals surface area (Å²) in [6, 6.07) is 16.8. The van der Waals surface area contributed by atoms with Crippen molar-refractivity contribution in [3.63, 3.8) is 0 Å². The molecule has 122 valence electrons. The summed E-state index contributed by atoms with van der Waals surface area (Å²) in [7, 11) is 1.76. The normalized spacial score (nSPS) is 10.6. The first-order valence-electron chi connectivity index (χ1n) is 7.26. The lowest BCUT2D eigenvalue weighted by Gasteiger charge is -2.16. The van der Waals surface area contributed by atoms with Gasteiger partial charge in [-0.25, -0.2) is 4.98 Å². The predicted molar refractivity (Wildman–Crippen MR) is 97.4 cm³/mol. The summed E-state index contributed by atoms with van der Waals surface area (Å²) in [6.07, 6.45) is 0. The van der Waals surface area contributed by atoms with E-state index in [1.807, 2.05) is 42.5 Å². The van der Waals surface area contributed by atoms with E-state index in [1.54, 1.807) is 24.1 Å². The van der Waals surface area contributed by atoms with Gasteiger partial charge in [0.25, 0.3) is 0 Å². The summed E-state index contributed by atoms with van der Waals surface area (Å²) < 4.78 is 0. The maximum absolute atomic E-state index is 12.3. The first-order valence-corrected chi connectivity index (χ1v) is 8.62. The van der Waals surface area contributed by atoms with Crippen LogP contribution in [0.3, 0.4) is 0 Å². The zero-order valence-electron chi connectivity index (χ0n) is 12.9. The Kier molecular flexibility index (Phi) is 5.17. The van der Waals surface area contributed by atoms with E-state index >= 15 is 0 Å². The van der Waals surface area contributed by atoms with Crippen LogP contribution in [-0.2, 0) is 4.79 Å². The molecule has 0 aliphatic heterocycles. The van der Waals surface area contributed by atoms with Gasteiger partial charge in [0.2, 0.25) is 11.1 Å². The molecule has 0 saturated heterocycles. The lowest BCUT2D eigenvalue weighted by atomic mass is 10.2. The third-order valence-electron chi connectivity index (χ3n) is 3.42. The third kappa shape index (κ3) is 3.96. The van der Waals surface area contributed by atoms with Crippen LogP contribution >= 0.6 is 23.4 Å². The van der Waals surface area contributed by atoms with Crippen LogP contribution in [0.4, 0.5) is 5.69 Å². The van der Waals surface area contributed by atoms with Crippen molar-refractivity contribution in [2.24, 2.45) is 0 Å². The summed E-state index contributed by atoms with van der Waals surface area (Å²) in [5, 5.41) is 8.22. The molecule has 1 amide bonds. The highest BCUT2D eigenvalue weighted by Crippen LogP contribution is 2.21. The Bertz CT molecular complexity index is 820. The number of H-pyrrole nitrogens is 1. The van der Waals surface area contributed by atoms with Crippen molar-refractivity contribution < 1.29 is 4.79 Å². The van der Waals surface area contributed by atoms with Gasteiger partial charge in [-0.1, -0.05) is 41.6 Å². The van der Waals surface area contributed by atoms with Gasteiger partial charge in [-0.2, -0.15) is 0 Å². The highest BCUT2D eigenvalue weighted by Gasteiger charge is 2.13. The van der Waals surface area contributed by atoms with Crippen molar-refractivity contribution in [3.8, 4) is 11.4 Å². The van der Waals surface area contributed by atoms with Crippen molar-refractivity contribution in [3.05, 3.63) is 59.6 Å². The van der Waals surface area contributed by atoms with Gasteiger partial charge in [-0.3, -0.25) is 9.89 Å². The van der Waals surface area contributed by atoms with Crippen molar-refractivity contribution in [1.29, 1.82) is 0 Å². The van der Waals surface area contributed by atoms with Crippen molar-refractivity contribution >= 4 is 35.0 Å². The van der Waals surface area contributed by atoms with E-state index in [4.69, 9.17) is 11.6 Å². The van der Waals surface area contributed by atoms with E-state index in [2.05, 4.69) is 15.2 Å². The Labute approximate surface area is 149 Å². The number of thioether (sulfide) groups is 1. The molecule has 24 heavy (non-hydrogen) atoms. The Morgan fingerprint density at radius 1 is 1.17 bits per heavy atom. The number of carbonyl (C=O) groups is 1. The minimum Gasteiger partial charge on any atom is -0.315 e. The molecule has 0 atom stereocenters. The number of amides is 1. The van der Waals surface area contributed by atoms with Gasteiger partial charge in [0.15, 0.2) is 5.82 Å². The molecular weight excluding hydrogens is 344 g/mol. The minimum absolute atomic E-state index is 0.0101. The predicted octanol–water partition coefficient (Wildman–Crippen LogP) is 3.88. The Morgan fingerprint density at radius 3 is 2.58 bits per heavy atom.